The lowest BCUT2D eigenvalue weighted by atomic mass is 10.2. The molecule has 0 atom stereocenters. The molecule has 29 heavy (non-hydrogen) atoms. The van der Waals surface area contributed by atoms with Crippen LogP contribution in [0, 0.1) is 6.92 Å². The maximum absolute atomic E-state index is 13.2. The summed E-state index contributed by atoms with van der Waals surface area (Å²) in [6.07, 6.45) is 0. The molecule has 0 aliphatic carbocycles. The third-order valence-electron chi connectivity index (χ3n) is 3.61. The molecule has 1 aromatic heterocycles. The number of esters is 1. The number of benzene rings is 1. The van der Waals surface area contributed by atoms with Gasteiger partial charge in [-0.05, 0) is 39.0 Å². The van der Waals surface area contributed by atoms with Crippen molar-refractivity contribution in [1.82, 2.24) is 9.13 Å². The van der Waals surface area contributed by atoms with E-state index in [1.54, 1.807) is 13.8 Å². The predicted molar refractivity (Wildman–Crippen MR) is 102 cm³/mol. The van der Waals surface area contributed by atoms with Gasteiger partial charge >= 0.3 is 18.2 Å². The Morgan fingerprint density at radius 1 is 1.21 bits per heavy atom. The zero-order valence-electron chi connectivity index (χ0n) is 15.8. The van der Waals surface area contributed by atoms with Crippen molar-refractivity contribution in [3.63, 3.8) is 0 Å². The molecule has 1 aromatic carbocycles. The van der Waals surface area contributed by atoms with Gasteiger partial charge in [-0.25, -0.2) is 18.7 Å². The summed E-state index contributed by atoms with van der Waals surface area (Å²) in [5.41, 5.74) is -1.82. The third-order valence-corrected chi connectivity index (χ3v) is 3.94. The number of rotatable bonds is 7. The molecule has 0 spiro atoms. The van der Waals surface area contributed by atoms with Crippen LogP contribution in [0.5, 0.6) is 0 Å². The number of ether oxygens (including phenoxy) is 1. The number of carbonyl (C=O) groups is 1. The highest BCUT2D eigenvalue weighted by molar-refractivity contribution is 6.33. The van der Waals surface area contributed by atoms with Gasteiger partial charge in [-0.1, -0.05) is 16.8 Å². The molecule has 2 aromatic rings. The first kappa shape index (κ1) is 22.3. The predicted octanol–water partition coefficient (Wildman–Crippen LogP) is 2.93. The van der Waals surface area contributed by atoms with Gasteiger partial charge < -0.3 is 9.57 Å². The monoisotopic (exact) mass is 429 g/mol. The van der Waals surface area contributed by atoms with E-state index >= 15 is 0 Å². The third kappa shape index (κ3) is 5.29. The van der Waals surface area contributed by atoms with Crippen molar-refractivity contribution < 1.29 is 23.1 Å². The van der Waals surface area contributed by atoms with E-state index in [0.717, 1.165) is 12.1 Å². The van der Waals surface area contributed by atoms with Gasteiger partial charge in [-0.15, -0.1) is 0 Å². The average Bonchev–Trinajstić information content (AvgIpc) is 2.61. The number of nitrogens with zero attached hydrogens (tertiary/aromatic N) is 3. The summed E-state index contributed by atoms with van der Waals surface area (Å²) in [6.45, 7) is 1.42. The van der Waals surface area contributed by atoms with Crippen molar-refractivity contribution in [3.8, 4) is 5.69 Å². The smallest absolute Gasteiger partial charge is 0.340 e. The van der Waals surface area contributed by atoms with Crippen molar-refractivity contribution in [2.75, 3.05) is 13.2 Å². The van der Waals surface area contributed by atoms with Gasteiger partial charge in [-0.2, -0.15) is 8.78 Å². The summed E-state index contributed by atoms with van der Waals surface area (Å²) in [5, 5.41) is 3.67. The highest BCUT2D eigenvalue weighted by Crippen LogP contribution is 2.20. The number of alkyl halides is 2. The minimum absolute atomic E-state index is 0.00330. The SMILES string of the molecule is CC(C)=NOCCOC(=O)c1cc(-n2c(=O)cc(C)n(C(F)F)c2=O)ccc1Cl. The Hall–Kier alpha value is -3.01. The molecule has 8 nitrogen and oxygen atoms in total. The minimum atomic E-state index is -3.14. The Kier molecular flexibility index (Phi) is 7.27. The molecule has 0 saturated carbocycles. The second-order valence-electron chi connectivity index (χ2n) is 6.06. The molecule has 0 aliphatic rings. The molecule has 0 amide bonds. The minimum Gasteiger partial charge on any atom is -0.458 e. The van der Waals surface area contributed by atoms with Crippen LogP contribution < -0.4 is 11.2 Å². The molecular weight excluding hydrogens is 412 g/mol. The van der Waals surface area contributed by atoms with Crippen molar-refractivity contribution in [2.24, 2.45) is 5.16 Å². The molecule has 0 fully saturated rings. The second-order valence-corrected chi connectivity index (χ2v) is 6.47. The Morgan fingerprint density at radius 2 is 1.90 bits per heavy atom. The van der Waals surface area contributed by atoms with Crippen molar-refractivity contribution in [2.45, 2.75) is 27.3 Å². The van der Waals surface area contributed by atoms with Gasteiger partial charge in [0.25, 0.3) is 5.56 Å². The Labute approximate surface area is 168 Å². The number of aryl methyl sites for hydroxylation is 1. The number of hydrogen-bond acceptors (Lipinski definition) is 6. The zero-order chi connectivity index (χ0) is 21.7. The molecule has 2 rings (SSSR count). The van der Waals surface area contributed by atoms with E-state index in [-0.39, 0.29) is 39.7 Å². The fraction of sp³-hybridized carbons (Fsp3) is 0.333. The van der Waals surface area contributed by atoms with Gasteiger partial charge in [0.05, 0.1) is 22.0 Å². The average molecular weight is 430 g/mol. The Morgan fingerprint density at radius 3 is 2.52 bits per heavy atom. The second kappa shape index (κ2) is 9.46. The van der Waals surface area contributed by atoms with Crippen molar-refractivity contribution in [1.29, 1.82) is 0 Å². The summed E-state index contributed by atoms with van der Waals surface area (Å²) in [7, 11) is 0. The fourth-order valence-corrected chi connectivity index (χ4v) is 2.57. The molecule has 0 radical (unpaired) electrons. The van der Waals surface area contributed by atoms with E-state index in [2.05, 4.69) is 5.16 Å². The van der Waals surface area contributed by atoms with E-state index in [1.165, 1.54) is 19.1 Å². The summed E-state index contributed by atoms with van der Waals surface area (Å²) < 4.78 is 32.0. The number of halogens is 3. The highest BCUT2D eigenvalue weighted by Gasteiger charge is 2.19. The van der Waals surface area contributed by atoms with Crippen LogP contribution in [0.1, 0.15) is 36.4 Å². The van der Waals surface area contributed by atoms with Crippen LogP contribution >= 0.6 is 11.6 Å². The highest BCUT2D eigenvalue weighted by atomic mass is 35.5. The maximum Gasteiger partial charge on any atom is 0.340 e. The van der Waals surface area contributed by atoms with Gasteiger partial charge in [0.15, 0.2) is 6.61 Å². The van der Waals surface area contributed by atoms with Crippen LogP contribution in [0.3, 0.4) is 0 Å². The largest absolute Gasteiger partial charge is 0.458 e. The van der Waals surface area contributed by atoms with Crippen molar-refractivity contribution in [3.05, 3.63) is 61.4 Å². The quantitative estimate of drug-likeness (QED) is 0.292. The number of hydrogen-bond donors (Lipinski definition) is 0. The topological polar surface area (TPSA) is 91.9 Å². The molecular formula is C18H18ClF2N3O5. The lowest BCUT2D eigenvalue weighted by Crippen LogP contribution is -2.39. The van der Waals surface area contributed by atoms with Crippen LogP contribution in [0.2, 0.25) is 5.02 Å². The van der Waals surface area contributed by atoms with E-state index in [0.29, 0.717) is 10.3 Å². The van der Waals surface area contributed by atoms with Crippen molar-refractivity contribution >= 4 is 23.3 Å². The van der Waals surface area contributed by atoms with Gasteiger partial charge in [0, 0.05) is 11.8 Å². The summed E-state index contributed by atoms with van der Waals surface area (Å²) in [4.78, 5) is 41.8. The molecule has 0 N–H and O–H groups in total. The van der Waals surface area contributed by atoms with E-state index < -0.39 is 23.8 Å². The lowest BCUT2D eigenvalue weighted by Gasteiger charge is -2.13. The van der Waals surface area contributed by atoms with Crippen LogP contribution in [0.4, 0.5) is 8.78 Å². The Bertz CT molecular complexity index is 1060. The number of carbonyl (C=O) groups excluding carboxylic acids is 1. The zero-order valence-corrected chi connectivity index (χ0v) is 16.6. The summed E-state index contributed by atoms with van der Waals surface area (Å²) in [6, 6.07) is 4.53. The van der Waals surface area contributed by atoms with Gasteiger partial charge in [0.1, 0.15) is 6.61 Å². The first-order chi connectivity index (χ1) is 13.6. The number of aromatic nitrogens is 2. The molecule has 0 aliphatic heterocycles. The standard InChI is InChI=1S/C18H18ClF2N3O5/c1-10(2)22-29-7-6-28-16(26)13-9-12(4-5-14(13)19)24-15(25)8-11(3)23(17(20)21)18(24)27/h4-5,8-9,17H,6-7H2,1-3H3. The molecule has 0 bridgehead atoms. The first-order valence-corrected chi connectivity index (χ1v) is 8.75. The summed E-state index contributed by atoms with van der Waals surface area (Å²) >= 11 is 6.00. The van der Waals surface area contributed by atoms with Gasteiger partial charge in [-0.3, -0.25) is 4.79 Å². The molecule has 11 heteroatoms. The van der Waals surface area contributed by atoms with Crippen LogP contribution in [0.15, 0.2) is 39.0 Å². The molecule has 156 valence electrons. The fourth-order valence-electron chi connectivity index (χ4n) is 2.37. The Balaban J connectivity index is 2.36. The van der Waals surface area contributed by atoms with Crippen LogP contribution in [-0.4, -0.2) is 34.0 Å². The molecule has 1 heterocycles. The van der Waals surface area contributed by atoms with Crippen LogP contribution in [-0.2, 0) is 9.57 Å². The van der Waals surface area contributed by atoms with Crippen LogP contribution in [0.25, 0.3) is 5.69 Å². The first-order valence-electron chi connectivity index (χ1n) is 8.37. The maximum atomic E-state index is 13.2. The lowest BCUT2D eigenvalue weighted by molar-refractivity contribution is 0.0328. The van der Waals surface area contributed by atoms with E-state index in [1.807, 2.05) is 0 Å². The molecule has 0 unspecified atom stereocenters. The molecule has 0 saturated heterocycles. The van der Waals surface area contributed by atoms with E-state index in [9.17, 15) is 23.2 Å². The van der Waals surface area contributed by atoms with Gasteiger partial charge in [0.2, 0.25) is 0 Å². The summed E-state index contributed by atoms with van der Waals surface area (Å²) in [5.74, 6) is -0.841. The normalized spacial score (nSPS) is 10.7. The van der Waals surface area contributed by atoms with E-state index in [4.69, 9.17) is 21.2 Å². The number of oxime groups is 1.